The number of benzene rings is 11. The molecule has 0 aromatic heterocycles. The Kier molecular flexibility index (Phi) is 78.7. The van der Waals surface area contributed by atoms with Crippen LogP contribution in [0.2, 0.25) is 0 Å². The summed E-state index contributed by atoms with van der Waals surface area (Å²) in [6, 6.07) is 93.7. The maximum atomic E-state index is 2.22. The third-order valence-electron chi connectivity index (χ3n) is 13.9. The van der Waals surface area contributed by atoms with Crippen LogP contribution in [0.1, 0.15) is 230 Å². The van der Waals surface area contributed by atoms with Gasteiger partial charge in [-0.25, -0.2) is 0 Å². The molecule has 0 heterocycles. The molecule has 0 radical (unpaired) electrons. The zero-order chi connectivity index (χ0) is 79.8. The van der Waals surface area contributed by atoms with Crippen molar-refractivity contribution in [2.45, 2.75) is 249 Å². The molecule has 0 bridgehead atoms. The zero-order valence-electron chi connectivity index (χ0n) is 72.4. The van der Waals surface area contributed by atoms with Crippen molar-refractivity contribution in [3.8, 4) is 44.5 Å². The van der Waals surface area contributed by atoms with Crippen LogP contribution >= 0.6 is 0 Å². The number of rotatable bonds is 4. The third kappa shape index (κ3) is 49.1. The van der Waals surface area contributed by atoms with E-state index in [4.69, 9.17) is 0 Å². The Bertz CT molecular complexity index is 3380. The van der Waals surface area contributed by atoms with Gasteiger partial charge in [-0.2, -0.15) is 0 Å². The molecule has 0 unspecified atom stereocenters. The summed E-state index contributed by atoms with van der Waals surface area (Å²) < 4.78 is 0. The molecule has 0 nitrogen and oxygen atoms in total. The molecule has 0 heteroatoms. The molecule has 11 aromatic carbocycles. The Balaban J connectivity index is -0.000000199. The van der Waals surface area contributed by atoms with Gasteiger partial charge in [-0.15, -0.1) is 0 Å². The van der Waals surface area contributed by atoms with Crippen LogP contribution in [-0.4, -0.2) is 0 Å². The molecular weight excluding hydrogens is 1230 g/mol. The summed E-state index contributed by atoms with van der Waals surface area (Å²) in [5.41, 5.74) is 29.2. The zero-order valence-corrected chi connectivity index (χ0v) is 72.4. The maximum absolute atomic E-state index is 2.22. The Labute approximate surface area is 634 Å². The van der Waals surface area contributed by atoms with Crippen molar-refractivity contribution in [3.05, 3.63) is 345 Å². The predicted octanol–water partition coefficient (Wildman–Crippen LogP) is 34.1. The molecule has 0 fully saturated rings. The van der Waals surface area contributed by atoms with E-state index in [1.54, 1.807) is 0 Å². The van der Waals surface area contributed by atoms with E-state index in [1.165, 1.54) is 122 Å². The highest BCUT2D eigenvalue weighted by Gasteiger charge is 2.04. The minimum atomic E-state index is 1.30. The van der Waals surface area contributed by atoms with Gasteiger partial charge in [-0.3, -0.25) is 0 Å². The van der Waals surface area contributed by atoms with Gasteiger partial charge in [0.25, 0.3) is 0 Å². The van der Waals surface area contributed by atoms with Crippen LogP contribution < -0.4 is 0 Å². The van der Waals surface area contributed by atoms with Crippen molar-refractivity contribution in [1.82, 2.24) is 0 Å². The molecule has 0 saturated carbocycles. The second-order valence-electron chi connectivity index (χ2n) is 21.1. The average molecular weight is 1380 g/mol. The van der Waals surface area contributed by atoms with E-state index < -0.39 is 0 Å². The quantitative estimate of drug-likeness (QED) is 0.165. The highest BCUT2D eigenvalue weighted by atomic mass is 14.1. The second kappa shape index (κ2) is 75.1. The van der Waals surface area contributed by atoms with Crippen molar-refractivity contribution >= 4 is 0 Å². The summed E-state index contributed by atoms with van der Waals surface area (Å²) in [4.78, 5) is 0. The van der Waals surface area contributed by atoms with Crippen LogP contribution in [0.5, 0.6) is 0 Å². The Morgan fingerprint density at radius 2 is 0.294 bits per heavy atom. The molecule has 0 amide bonds. The summed E-state index contributed by atoms with van der Waals surface area (Å²) in [6.45, 7) is 73.8. The highest BCUT2D eigenvalue weighted by Crippen LogP contribution is 2.27. The first kappa shape index (κ1) is 107. The normalized spacial score (nSPS) is 8.39. The number of hydrogen-bond acceptors (Lipinski definition) is 0. The molecule has 0 aliphatic rings. The molecule has 0 saturated heterocycles. The first-order chi connectivity index (χ1) is 49.5. The van der Waals surface area contributed by atoms with E-state index in [-0.39, 0.29) is 0 Å². The van der Waals surface area contributed by atoms with Crippen LogP contribution in [0.3, 0.4) is 0 Å². The summed E-state index contributed by atoms with van der Waals surface area (Å²) >= 11 is 0. The molecule has 11 rings (SSSR count). The van der Waals surface area contributed by atoms with E-state index in [9.17, 15) is 0 Å². The Morgan fingerprint density at radius 1 is 0.118 bits per heavy atom. The van der Waals surface area contributed by atoms with E-state index in [1.807, 2.05) is 152 Å². The van der Waals surface area contributed by atoms with Crippen molar-refractivity contribution in [2.75, 3.05) is 0 Å². The number of aryl methyl sites for hydroxylation is 14. The lowest BCUT2D eigenvalue weighted by molar-refractivity contribution is 1.34. The fourth-order valence-electron chi connectivity index (χ4n) is 8.91. The van der Waals surface area contributed by atoms with Gasteiger partial charge in [0, 0.05) is 0 Å². The van der Waals surface area contributed by atoms with Gasteiger partial charge in [0.2, 0.25) is 0 Å². The van der Waals surface area contributed by atoms with Crippen LogP contribution in [0.15, 0.2) is 267 Å². The first-order valence-electron chi connectivity index (χ1n) is 39.1. The molecule has 0 atom stereocenters. The van der Waals surface area contributed by atoms with Gasteiger partial charge < -0.3 is 0 Å². The van der Waals surface area contributed by atoms with Crippen LogP contribution in [-0.2, 0) is 0 Å². The van der Waals surface area contributed by atoms with Gasteiger partial charge in [0.15, 0.2) is 0 Å². The van der Waals surface area contributed by atoms with Gasteiger partial charge in [0.1, 0.15) is 0 Å². The highest BCUT2D eigenvalue weighted by molar-refractivity contribution is 5.71. The Hall–Kier alpha value is -8.58. The van der Waals surface area contributed by atoms with Crippen molar-refractivity contribution in [2.24, 2.45) is 0 Å². The predicted molar refractivity (Wildman–Crippen MR) is 478 cm³/mol. The lowest BCUT2D eigenvalue weighted by Gasteiger charge is -2.08. The van der Waals surface area contributed by atoms with Gasteiger partial charge in [-0.05, 0) is 180 Å². The maximum Gasteiger partial charge on any atom is -0.0152 e. The third-order valence-corrected chi connectivity index (χ3v) is 13.9. The second-order valence-corrected chi connectivity index (χ2v) is 21.1. The molecule has 0 N–H and O–H groups in total. The summed E-state index contributed by atoms with van der Waals surface area (Å²) in [7, 11) is 0. The summed E-state index contributed by atoms with van der Waals surface area (Å²) in [5, 5.41) is 0. The average Bonchev–Trinajstić information content (AvgIpc) is 0.863. The smallest absolute Gasteiger partial charge is 0.0152 e. The first-order valence-corrected chi connectivity index (χ1v) is 39.1. The van der Waals surface area contributed by atoms with E-state index in [0.29, 0.717) is 0 Å². The van der Waals surface area contributed by atoms with Gasteiger partial charge in [0.05, 0.1) is 0 Å². The van der Waals surface area contributed by atoms with Crippen LogP contribution in [0, 0.1) is 96.9 Å². The molecule has 0 aliphatic carbocycles. The lowest BCUT2D eigenvalue weighted by Crippen LogP contribution is -1.85. The number of hydrogen-bond donors (Lipinski definition) is 0. The molecular formula is C102H152. The minimum absolute atomic E-state index is 1.30. The van der Waals surface area contributed by atoms with Crippen molar-refractivity contribution in [1.29, 1.82) is 0 Å². The molecule has 0 spiro atoms. The molecule has 560 valence electrons. The fourth-order valence-corrected chi connectivity index (χ4v) is 8.91. The van der Waals surface area contributed by atoms with Gasteiger partial charge >= 0.3 is 0 Å². The monoisotopic (exact) mass is 1380 g/mol. The van der Waals surface area contributed by atoms with Crippen molar-refractivity contribution < 1.29 is 0 Å². The Morgan fingerprint density at radius 3 is 0.490 bits per heavy atom. The lowest BCUT2D eigenvalue weighted by atomic mass is 9.97. The molecule has 11 aromatic rings. The van der Waals surface area contributed by atoms with Crippen molar-refractivity contribution in [3.63, 3.8) is 0 Å². The van der Waals surface area contributed by atoms with E-state index in [0.717, 1.165) is 0 Å². The standard InChI is InChI=1S/4C14H14.3C8H10.11C2H6/c1-11-7-3-5-9-13(11)14-10-6-4-8-12(14)2;2*1-11-6-5-8-13(10-11)14-9-4-3-7-12(14)2;1-11-7-9-13(10-8-11)14-6-4-3-5-12(14)2;1-7-3-5-8(2)6-4-7;1-7-4-3-5-8(2)6-7;1-7-5-3-4-6-8(7)2;11*1-2/h4*3-10H,1-2H3;3*3-6H,1-2H3;11*1-2H3. The summed E-state index contributed by atoms with van der Waals surface area (Å²) in [5.74, 6) is 0. The largest absolute Gasteiger partial charge is 0.0683 e. The topological polar surface area (TPSA) is 0 Å². The fraction of sp³-hybridized carbons (Fsp3) is 0.353. The molecule has 0 aliphatic heterocycles. The van der Waals surface area contributed by atoms with Gasteiger partial charge in [-0.1, -0.05) is 458 Å². The van der Waals surface area contributed by atoms with E-state index >= 15 is 0 Å². The minimum Gasteiger partial charge on any atom is -0.0683 e. The van der Waals surface area contributed by atoms with E-state index in [2.05, 4.69) is 364 Å². The SMILES string of the molecule is CC.CC.CC.CC.CC.CC.CC.CC.CC.CC.CC.Cc1ccc(-c2ccccc2C)cc1.Cc1ccc(C)cc1.Cc1cccc(-c2ccccc2C)c1.Cc1cccc(-c2ccccc2C)c1.Cc1cccc(C)c1.Cc1ccccc1-c1ccccc1C.Cc1ccccc1C. The molecule has 102 heavy (non-hydrogen) atoms. The summed E-state index contributed by atoms with van der Waals surface area (Å²) in [6.07, 6.45) is 0. The van der Waals surface area contributed by atoms with Crippen LogP contribution in [0.4, 0.5) is 0 Å². The van der Waals surface area contributed by atoms with Crippen LogP contribution in [0.25, 0.3) is 44.5 Å².